The third-order valence-electron chi connectivity index (χ3n) is 3.36. The van der Waals surface area contributed by atoms with E-state index in [0.717, 1.165) is 26.2 Å². The van der Waals surface area contributed by atoms with E-state index in [1.807, 2.05) is 0 Å². The average molecular weight is 230 g/mol. The quantitative estimate of drug-likeness (QED) is 0.699. The van der Waals surface area contributed by atoms with Crippen molar-refractivity contribution in [2.75, 3.05) is 40.4 Å². The van der Waals surface area contributed by atoms with Crippen molar-refractivity contribution < 1.29 is 9.47 Å². The molecule has 1 rings (SSSR count). The minimum absolute atomic E-state index is 0.226. The van der Waals surface area contributed by atoms with E-state index >= 15 is 0 Å². The molecule has 1 heterocycles. The number of ether oxygens (including phenoxy) is 2. The van der Waals surface area contributed by atoms with Crippen LogP contribution >= 0.6 is 0 Å². The lowest BCUT2D eigenvalue weighted by atomic mass is 10.2. The number of likely N-dealkylation sites (tertiary alicyclic amines) is 1. The van der Waals surface area contributed by atoms with Crippen molar-refractivity contribution in [3.63, 3.8) is 0 Å². The molecule has 16 heavy (non-hydrogen) atoms. The molecule has 3 unspecified atom stereocenters. The minimum Gasteiger partial charge on any atom is -0.377 e. The van der Waals surface area contributed by atoms with Gasteiger partial charge in [0, 0.05) is 39.9 Å². The van der Waals surface area contributed by atoms with E-state index in [1.165, 1.54) is 6.42 Å². The zero-order valence-electron chi connectivity index (χ0n) is 11.0. The topological polar surface area (TPSA) is 33.7 Å². The predicted octanol–water partition coefficient (Wildman–Crippen LogP) is 0.720. The van der Waals surface area contributed by atoms with Crippen LogP contribution in [0, 0.1) is 0 Å². The highest BCUT2D eigenvalue weighted by molar-refractivity contribution is 4.87. The third-order valence-corrected chi connectivity index (χ3v) is 3.36. The van der Waals surface area contributed by atoms with Gasteiger partial charge in [-0.3, -0.25) is 4.90 Å². The van der Waals surface area contributed by atoms with Gasteiger partial charge in [0.2, 0.25) is 0 Å². The first kappa shape index (κ1) is 13.9. The Labute approximate surface area is 99.3 Å². The van der Waals surface area contributed by atoms with Gasteiger partial charge in [0.1, 0.15) is 0 Å². The van der Waals surface area contributed by atoms with Crippen LogP contribution in [0.25, 0.3) is 0 Å². The molecule has 0 aromatic heterocycles. The van der Waals surface area contributed by atoms with E-state index in [1.54, 1.807) is 14.2 Å². The summed E-state index contributed by atoms with van der Waals surface area (Å²) in [5.74, 6) is 0. The molecular weight excluding hydrogens is 204 g/mol. The summed E-state index contributed by atoms with van der Waals surface area (Å²) in [7, 11) is 3.53. The zero-order chi connectivity index (χ0) is 12.0. The van der Waals surface area contributed by atoms with Gasteiger partial charge in [0.25, 0.3) is 0 Å². The molecule has 0 bridgehead atoms. The summed E-state index contributed by atoms with van der Waals surface area (Å²) in [6.07, 6.45) is 1.62. The van der Waals surface area contributed by atoms with E-state index in [4.69, 9.17) is 9.47 Å². The number of hydrogen-bond acceptors (Lipinski definition) is 4. The van der Waals surface area contributed by atoms with E-state index in [9.17, 15) is 0 Å². The van der Waals surface area contributed by atoms with Crippen LogP contribution in [0.1, 0.15) is 20.3 Å². The molecule has 1 aliphatic rings. The Kier molecular flexibility index (Phi) is 6.28. The predicted molar refractivity (Wildman–Crippen MR) is 65.8 cm³/mol. The highest BCUT2D eigenvalue weighted by Crippen LogP contribution is 2.16. The maximum atomic E-state index is 5.43. The number of nitrogens with one attached hydrogen (secondary N) is 1. The summed E-state index contributed by atoms with van der Waals surface area (Å²) in [4.78, 5) is 2.43. The fourth-order valence-corrected chi connectivity index (χ4v) is 2.36. The molecule has 1 N–H and O–H groups in total. The second-order valence-corrected chi connectivity index (χ2v) is 4.43. The van der Waals surface area contributed by atoms with Crippen LogP contribution in [0.2, 0.25) is 0 Å². The van der Waals surface area contributed by atoms with Gasteiger partial charge in [0.15, 0.2) is 0 Å². The number of nitrogens with zero attached hydrogens (tertiary/aromatic N) is 1. The number of likely N-dealkylation sites (N-methyl/N-ethyl adjacent to an activating group) is 1. The summed E-state index contributed by atoms with van der Waals surface area (Å²) in [5.41, 5.74) is 0. The molecule has 0 radical (unpaired) electrons. The molecule has 96 valence electrons. The lowest BCUT2D eigenvalue weighted by Gasteiger charge is -2.23. The first-order valence-corrected chi connectivity index (χ1v) is 6.26. The number of hydrogen-bond donors (Lipinski definition) is 1. The first-order chi connectivity index (χ1) is 7.74. The molecule has 0 amide bonds. The second kappa shape index (κ2) is 7.22. The monoisotopic (exact) mass is 230 g/mol. The SMILES string of the molecule is CCNC(CC)CN1CC(OC)C(OC)C1. The maximum absolute atomic E-state index is 5.43. The molecule has 1 saturated heterocycles. The maximum Gasteiger partial charge on any atom is 0.0971 e. The molecule has 0 saturated carbocycles. The van der Waals surface area contributed by atoms with Crippen LogP contribution in [-0.4, -0.2) is 63.5 Å². The van der Waals surface area contributed by atoms with Crippen LogP contribution in [0.3, 0.4) is 0 Å². The number of methoxy groups -OCH3 is 2. The van der Waals surface area contributed by atoms with Crippen molar-refractivity contribution in [2.24, 2.45) is 0 Å². The number of rotatable bonds is 7. The molecule has 0 aromatic rings. The van der Waals surface area contributed by atoms with Gasteiger partial charge in [-0.2, -0.15) is 0 Å². The van der Waals surface area contributed by atoms with Gasteiger partial charge in [-0.25, -0.2) is 0 Å². The van der Waals surface area contributed by atoms with Crippen molar-refractivity contribution in [2.45, 2.75) is 38.5 Å². The lowest BCUT2D eigenvalue weighted by molar-refractivity contribution is -0.00461. The molecular formula is C12H26N2O2. The summed E-state index contributed by atoms with van der Waals surface area (Å²) >= 11 is 0. The summed E-state index contributed by atoms with van der Waals surface area (Å²) in [6.45, 7) is 8.47. The third kappa shape index (κ3) is 3.70. The van der Waals surface area contributed by atoms with Crippen LogP contribution in [0.5, 0.6) is 0 Å². The highest BCUT2D eigenvalue weighted by atomic mass is 16.5. The molecule has 0 aromatic carbocycles. The molecule has 1 fully saturated rings. The van der Waals surface area contributed by atoms with E-state index < -0.39 is 0 Å². The van der Waals surface area contributed by atoms with Crippen LogP contribution in [-0.2, 0) is 9.47 Å². The Hall–Kier alpha value is -0.160. The normalized spacial score (nSPS) is 28.5. The Morgan fingerprint density at radius 3 is 2.12 bits per heavy atom. The molecule has 0 aliphatic carbocycles. The van der Waals surface area contributed by atoms with Gasteiger partial charge >= 0.3 is 0 Å². The first-order valence-electron chi connectivity index (χ1n) is 6.26. The van der Waals surface area contributed by atoms with Gasteiger partial charge in [-0.05, 0) is 13.0 Å². The summed E-state index contributed by atoms with van der Waals surface area (Å²) in [5, 5.41) is 3.50. The molecule has 1 aliphatic heterocycles. The van der Waals surface area contributed by atoms with E-state index in [-0.39, 0.29) is 12.2 Å². The van der Waals surface area contributed by atoms with Gasteiger partial charge < -0.3 is 14.8 Å². The van der Waals surface area contributed by atoms with Crippen molar-refractivity contribution in [3.05, 3.63) is 0 Å². The van der Waals surface area contributed by atoms with Crippen molar-refractivity contribution in [1.29, 1.82) is 0 Å². The van der Waals surface area contributed by atoms with Crippen LogP contribution in [0.4, 0.5) is 0 Å². The average Bonchev–Trinajstić information content (AvgIpc) is 2.70. The smallest absolute Gasteiger partial charge is 0.0971 e. The Morgan fingerprint density at radius 2 is 1.75 bits per heavy atom. The fraction of sp³-hybridized carbons (Fsp3) is 1.00. The Morgan fingerprint density at radius 1 is 1.19 bits per heavy atom. The van der Waals surface area contributed by atoms with Crippen molar-refractivity contribution >= 4 is 0 Å². The Bertz CT molecular complexity index is 178. The minimum atomic E-state index is 0.226. The van der Waals surface area contributed by atoms with Crippen LogP contribution < -0.4 is 5.32 Å². The molecule has 4 heteroatoms. The van der Waals surface area contributed by atoms with Gasteiger partial charge in [-0.1, -0.05) is 13.8 Å². The van der Waals surface area contributed by atoms with Gasteiger partial charge in [-0.15, -0.1) is 0 Å². The molecule has 4 nitrogen and oxygen atoms in total. The summed E-state index contributed by atoms with van der Waals surface area (Å²) < 4.78 is 10.9. The second-order valence-electron chi connectivity index (χ2n) is 4.43. The standard InChI is InChI=1S/C12H26N2O2/c1-5-10(13-6-2)7-14-8-11(15-3)12(9-14)16-4/h10-13H,5-9H2,1-4H3. The zero-order valence-corrected chi connectivity index (χ0v) is 11.0. The molecule has 3 atom stereocenters. The van der Waals surface area contributed by atoms with Crippen molar-refractivity contribution in [3.8, 4) is 0 Å². The van der Waals surface area contributed by atoms with Crippen LogP contribution in [0.15, 0.2) is 0 Å². The molecule has 0 spiro atoms. The Balaban J connectivity index is 2.38. The van der Waals surface area contributed by atoms with E-state index in [2.05, 4.69) is 24.1 Å². The lowest BCUT2D eigenvalue weighted by Crippen LogP contribution is -2.40. The van der Waals surface area contributed by atoms with Crippen molar-refractivity contribution in [1.82, 2.24) is 10.2 Å². The summed E-state index contributed by atoms with van der Waals surface area (Å²) in [6, 6.07) is 0.582. The largest absolute Gasteiger partial charge is 0.377 e. The van der Waals surface area contributed by atoms with Gasteiger partial charge in [0.05, 0.1) is 12.2 Å². The van der Waals surface area contributed by atoms with E-state index in [0.29, 0.717) is 6.04 Å². The highest BCUT2D eigenvalue weighted by Gasteiger charge is 2.33. The fourth-order valence-electron chi connectivity index (χ4n) is 2.36.